The maximum absolute atomic E-state index is 2.57. The van der Waals surface area contributed by atoms with Gasteiger partial charge in [-0.3, -0.25) is 0 Å². The Labute approximate surface area is 148 Å². The number of benzene rings is 1. The van der Waals surface area contributed by atoms with Gasteiger partial charge >= 0.3 is 0 Å². The number of nitrogens with zero attached hydrogens (tertiary/aromatic N) is 2. The van der Waals surface area contributed by atoms with Crippen LogP contribution in [0.15, 0.2) is 35.1 Å². The number of rotatable bonds is 5. The van der Waals surface area contributed by atoms with Crippen LogP contribution in [0.3, 0.4) is 0 Å². The van der Waals surface area contributed by atoms with Gasteiger partial charge in [-0.1, -0.05) is 37.6 Å². The predicted molar refractivity (Wildman–Crippen MR) is 107 cm³/mol. The van der Waals surface area contributed by atoms with Crippen molar-refractivity contribution in [2.75, 3.05) is 24.7 Å². The summed E-state index contributed by atoms with van der Waals surface area (Å²) in [6.07, 6.45) is 4.57. The van der Waals surface area contributed by atoms with Crippen LogP contribution in [-0.4, -0.2) is 24.7 Å². The molecule has 1 saturated heterocycles. The van der Waals surface area contributed by atoms with E-state index in [0.29, 0.717) is 0 Å². The van der Waals surface area contributed by atoms with E-state index in [2.05, 4.69) is 76.5 Å². The van der Waals surface area contributed by atoms with E-state index in [-0.39, 0.29) is 0 Å². The summed E-state index contributed by atoms with van der Waals surface area (Å²) in [4.78, 5) is 5.12. The Kier molecular flexibility index (Phi) is 6.15. The first-order valence-corrected chi connectivity index (χ1v) is 9.33. The molecule has 0 radical (unpaired) electrons. The number of allylic oxidation sites excluding steroid dienone is 3. The summed E-state index contributed by atoms with van der Waals surface area (Å²) < 4.78 is 0. The fraction of sp³-hybridized carbons (Fsp3) is 0.545. The summed E-state index contributed by atoms with van der Waals surface area (Å²) in [6, 6.07) is 4.61. The molecular formula is C22H34N2. The minimum absolute atomic E-state index is 0.992. The van der Waals surface area contributed by atoms with Crippen molar-refractivity contribution in [1.82, 2.24) is 4.90 Å². The summed E-state index contributed by atoms with van der Waals surface area (Å²) in [6.45, 7) is 18.9. The van der Waals surface area contributed by atoms with Crippen molar-refractivity contribution in [3.05, 3.63) is 51.7 Å². The van der Waals surface area contributed by atoms with E-state index in [1.807, 2.05) is 0 Å². The number of hydrogen-bond acceptors (Lipinski definition) is 2. The minimum Gasteiger partial charge on any atom is -0.352 e. The summed E-state index contributed by atoms with van der Waals surface area (Å²) in [7, 11) is 0. The van der Waals surface area contributed by atoms with Crippen LogP contribution in [0.1, 0.15) is 57.2 Å². The maximum atomic E-state index is 2.57. The first-order valence-electron chi connectivity index (χ1n) is 9.33. The van der Waals surface area contributed by atoms with Crippen LogP contribution in [0, 0.1) is 20.8 Å². The van der Waals surface area contributed by atoms with Gasteiger partial charge in [0.2, 0.25) is 0 Å². The lowest BCUT2D eigenvalue weighted by atomic mass is 10.0. The Morgan fingerprint density at radius 1 is 1.04 bits per heavy atom. The van der Waals surface area contributed by atoms with Gasteiger partial charge in [-0.05, 0) is 69.7 Å². The highest BCUT2D eigenvalue weighted by Crippen LogP contribution is 2.31. The molecule has 1 aliphatic rings. The number of aryl methyl sites for hydroxylation is 3. The molecule has 1 aromatic carbocycles. The fourth-order valence-electron chi connectivity index (χ4n) is 4.05. The van der Waals surface area contributed by atoms with Crippen molar-refractivity contribution < 1.29 is 0 Å². The zero-order valence-electron chi connectivity index (χ0n) is 16.7. The Morgan fingerprint density at radius 3 is 2.21 bits per heavy atom. The molecule has 0 aliphatic carbocycles. The van der Waals surface area contributed by atoms with Crippen LogP contribution in [0.2, 0.25) is 0 Å². The van der Waals surface area contributed by atoms with Gasteiger partial charge in [0, 0.05) is 24.5 Å². The molecule has 0 N–H and O–H groups in total. The molecule has 0 aromatic heterocycles. The summed E-state index contributed by atoms with van der Waals surface area (Å²) in [5.41, 5.74) is 9.96. The molecule has 0 unspecified atom stereocenters. The van der Waals surface area contributed by atoms with Crippen molar-refractivity contribution in [3.63, 3.8) is 0 Å². The Balaban J connectivity index is 2.31. The summed E-state index contributed by atoms with van der Waals surface area (Å²) in [5, 5.41) is 0. The molecule has 0 atom stereocenters. The standard InChI is InChI=1S/C22H34N2/c1-8-10-18(5)21(17(4)9-2)23-11-12-24(15-23)22-19(6)13-16(3)14-20(22)7/h10,13-14H,8-9,11-12,15H2,1-7H3/b18-10-,21-17+. The van der Waals surface area contributed by atoms with Gasteiger partial charge in [0.25, 0.3) is 0 Å². The van der Waals surface area contributed by atoms with Crippen molar-refractivity contribution in [2.24, 2.45) is 0 Å². The lowest BCUT2D eigenvalue weighted by Gasteiger charge is -2.28. The second kappa shape index (κ2) is 7.92. The van der Waals surface area contributed by atoms with Crippen LogP contribution in [0.5, 0.6) is 0 Å². The van der Waals surface area contributed by atoms with Crippen molar-refractivity contribution in [2.45, 2.75) is 61.3 Å². The second-order valence-electron chi connectivity index (χ2n) is 7.19. The highest BCUT2D eigenvalue weighted by molar-refractivity contribution is 5.61. The second-order valence-corrected chi connectivity index (χ2v) is 7.19. The molecule has 0 saturated carbocycles. The molecule has 1 fully saturated rings. The molecule has 132 valence electrons. The van der Waals surface area contributed by atoms with Gasteiger partial charge in [-0.15, -0.1) is 0 Å². The van der Waals surface area contributed by atoms with E-state index in [1.54, 1.807) is 0 Å². The Bertz CT molecular complexity index is 629. The van der Waals surface area contributed by atoms with E-state index < -0.39 is 0 Å². The van der Waals surface area contributed by atoms with Crippen molar-refractivity contribution >= 4 is 5.69 Å². The maximum Gasteiger partial charge on any atom is 0.0904 e. The summed E-state index contributed by atoms with van der Waals surface area (Å²) >= 11 is 0. The smallest absolute Gasteiger partial charge is 0.0904 e. The normalized spacial score (nSPS) is 16.7. The van der Waals surface area contributed by atoms with Crippen LogP contribution in [0.4, 0.5) is 5.69 Å². The number of anilines is 1. The molecule has 1 aromatic rings. The van der Waals surface area contributed by atoms with E-state index >= 15 is 0 Å². The topological polar surface area (TPSA) is 6.48 Å². The predicted octanol–water partition coefficient (Wildman–Crippen LogP) is 5.73. The van der Waals surface area contributed by atoms with Crippen molar-refractivity contribution in [3.8, 4) is 0 Å². The van der Waals surface area contributed by atoms with E-state index in [0.717, 1.165) is 32.6 Å². The molecule has 1 heterocycles. The molecule has 0 amide bonds. The third kappa shape index (κ3) is 3.85. The SMILES string of the molecule is CC/C=C(C)\C(=C(\C)CC)N1CCN(c2c(C)cc(C)cc2C)C1. The van der Waals surface area contributed by atoms with E-state index in [4.69, 9.17) is 0 Å². The zero-order valence-corrected chi connectivity index (χ0v) is 16.7. The average Bonchev–Trinajstić information content (AvgIpc) is 2.95. The molecule has 1 aliphatic heterocycles. The minimum atomic E-state index is 0.992. The molecule has 24 heavy (non-hydrogen) atoms. The third-order valence-corrected chi connectivity index (χ3v) is 5.07. The van der Waals surface area contributed by atoms with Crippen LogP contribution < -0.4 is 4.90 Å². The molecule has 2 nitrogen and oxygen atoms in total. The monoisotopic (exact) mass is 326 g/mol. The zero-order chi connectivity index (χ0) is 17.9. The van der Waals surface area contributed by atoms with Crippen LogP contribution >= 0.6 is 0 Å². The third-order valence-electron chi connectivity index (χ3n) is 5.07. The lowest BCUT2D eigenvalue weighted by molar-refractivity contribution is 0.430. The van der Waals surface area contributed by atoms with Crippen molar-refractivity contribution in [1.29, 1.82) is 0 Å². The number of hydrogen-bond donors (Lipinski definition) is 0. The van der Waals surface area contributed by atoms with Crippen LogP contribution in [-0.2, 0) is 0 Å². The first-order chi connectivity index (χ1) is 11.4. The first kappa shape index (κ1) is 18.6. The molecule has 2 rings (SSSR count). The van der Waals surface area contributed by atoms with Crippen LogP contribution in [0.25, 0.3) is 0 Å². The largest absolute Gasteiger partial charge is 0.352 e. The molecule has 0 spiro atoms. The fourth-order valence-corrected chi connectivity index (χ4v) is 4.05. The quantitative estimate of drug-likeness (QED) is 0.637. The lowest BCUT2D eigenvalue weighted by Crippen LogP contribution is -2.27. The summed E-state index contributed by atoms with van der Waals surface area (Å²) in [5.74, 6) is 0. The van der Waals surface area contributed by atoms with Gasteiger partial charge in [0.15, 0.2) is 0 Å². The van der Waals surface area contributed by atoms with Gasteiger partial charge < -0.3 is 9.80 Å². The molecule has 2 heteroatoms. The highest BCUT2D eigenvalue weighted by Gasteiger charge is 2.25. The molecular weight excluding hydrogens is 292 g/mol. The van der Waals surface area contributed by atoms with Gasteiger partial charge in [0.05, 0.1) is 6.67 Å². The van der Waals surface area contributed by atoms with Gasteiger partial charge in [-0.2, -0.15) is 0 Å². The van der Waals surface area contributed by atoms with E-state index in [1.165, 1.54) is 39.2 Å². The average molecular weight is 327 g/mol. The van der Waals surface area contributed by atoms with Gasteiger partial charge in [0.1, 0.15) is 0 Å². The molecule has 0 bridgehead atoms. The highest BCUT2D eigenvalue weighted by atomic mass is 15.4. The Hall–Kier alpha value is -1.70. The van der Waals surface area contributed by atoms with E-state index in [9.17, 15) is 0 Å². The Morgan fingerprint density at radius 2 is 1.67 bits per heavy atom. The van der Waals surface area contributed by atoms with Gasteiger partial charge in [-0.25, -0.2) is 0 Å².